The van der Waals surface area contributed by atoms with Gasteiger partial charge in [0.05, 0.1) is 31.7 Å². The second-order valence-corrected chi connectivity index (χ2v) is 22.9. The first kappa shape index (κ1) is 41.9. The van der Waals surface area contributed by atoms with E-state index in [4.69, 9.17) is 4.74 Å². The molecule has 5 fully saturated rings. The summed E-state index contributed by atoms with van der Waals surface area (Å²) in [5, 5.41) is 17.1. The molecule has 0 aromatic heterocycles. The molecule has 0 bridgehead atoms. The van der Waals surface area contributed by atoms with Gasteiger partial charge in [0.1, 0.15) is 11.1 Å². The van der Waals surface area contributed by atoms with Crippen molar-refractivity contribution in [1.82, 2.24) is 10.6 Å². The predicted octanol–water partition coefficient (Wildman–Crippen LogP) is 5.28. The Hall–Kier alpha value is -5.09. The molecule has 6 heterocycles. The first-order valence-electron chi connectivity index (χ1n) is 22.7. The van der Waals surface area contributed by atoms with Crippen molar-refractivity contribution in [2.24, 2.45) is 5.92 Å². The number of benzene rings is 4. The predicted molar refractivity (Wildman–Crippen MR) is 247 cm³/mol. The SMILES string of the molecule is C[C@H]1[C@H]([Si](C)(C)O)[C@@H](CCO)O[C@]12C(=O)N(Cc1cccc(N3CN(c4ccccc4)C4(CCNCC4)C3=O)c1)c1ccc(N3CN(c4ccccc4)C4(CCNCC4)C3=O)cc12. The molecule has 0 saturated carbocycles. The van der Waals surface area contributed by atoms with Crippen molar-refractivity contribution in [3.63, 3.8) is 0 Å². The minimum atomic E-state index is -2.96. The zero-order valence-corrected chi connectivity index (χ0v) is 37.5. The fourth-order valence-corrected chi connectivity index (χ4v) is 14.7. The maximum absolute atomic E-state index is 15.5. The van der Waals surface area contributed by atoms with Gasteiger partial charge in [-0.05, 0) is 132 Å². The molecule has 4 aromatic rings. The molecule has 0 unspecified atom stereocenters. The minimum absolute atomic E-state index is 0.0359. The highest BCUT2D eigenvalue weighted by molar-refractivity contribution is 6.71. The van der Waals surface area contributed by atoms with Gasteiger partial charge in [0, 0.05) is 46.4 Å². The smallest absolute Gasteiger partial charge is 0.264 e. The number of nitrogens with one attached hydrogen (secondary N) is 2. The van der Waals surface area contributed by atoms with Crippen molar-refractivity contribution in [1.29, 1.82) is 0 Å². The highest BCUT2D eigenvalue weighted by atomic mass is 28.4. The number of aliphatic hydroxyl groups excluding tert-OH is 1. The third kappa shape index (κ3) is 6.54. The van der Waals surface area contributed by atoms with Crippen LogP contribution in [-0.4, -0.2) is 99.2 Å². The summed E-state index contributed by atoms with van der Waals surface area (Å²) >= 11 is 0. The summed E-state index contributed by atoms with van der Waals surface area (Å²) in [5.74, 6) is -0.547. The van der Waals surface area contributed by atoms with Crippen LogP contribution in [0.2, 0.25) is 18.6 Å². The summed E-state index contributed by atoms with van der Waals surface area (Å²) in [7, 11) is -2.96. The standard InChI is InChI=1S/C49H59N7O6Si/c1-34-43(63(2,3)61)42(19-28-57)62-49(34)40-30-39(54-33-56(37-14-8-5-9-15-37)48(45(54)59)22-26-51-27-23-48)17-18-41(40)52(46(49)60)31-35-11-10-16-38(29-35)53-32-55(36-12-6-4-7-13-36)47(44(53)58)20-24-50-25-21-47/h4-18,29-30,34,42-43,50-51,57,61H,19-28,31-33H2,1-3H3/t34-,42+,43-,49+/m0/s1. The van der Waals surface area contributed by atoms with Gasteiger partial charge in [-0.1, -0.05) is 55.5 Å². The summed E-state index contributed by atoms with van der Waals surface area (Å²) < 4.78 is 7.03. The van der Waals surface area contributed by atoms with E-state index < -0.39 is 37.0 Å². The van der Waals surface area contributed by atoms with Crippen LogP contribution in [0.1, 0.15) is 50.2 Å². The van der Waals surface area contributed by atoms with Crippen LogP contribution in [0.4, 0.5) is 28.4 Å². The van der Waals surface area contributed by atoms with Gasteiger partial charge in [-0.25, -0.2) is 0 Å². The van der Waals surface area contributed by atoms with Crippen LogP contribution < -0.4 is 35.1 Å². The number of rotatable bonds is 9. The fraction of sp³-hybridized carbons (Fsp3) is 0.449. The van der Waals surface area contributed by atoms with Gasteiger partial charge < -0.3 is 40.0 Å². The van der Waals surface area contributed by atoms with Gasteiger partial charge in [0.25, 0.3) is 17.7 Å². The third-order valence-electron chi connectivity index (χ3n) is 15.1. The molecule has 3 amide bonds. The van der Waals surface area contributed by atoms with E-state index in [1.807, 2.05) is 109 Å². The molecule has 4 N–H and O–H groups in total. The molecular weight excluding hydrogens is 811 g/mol. The summed E-state index contributed by atoms with van der Waals surface area (Å²) in [5.41, 5.74) is 2.51. The van der Waals surface area contributed by atoms with Crippen LogP contribution in [0.15, 0.2) is 103 Å². The molecule has 6 aliphatic heterocycles. The number of anilines is 5. The minimum Gasteiger partial charge on any atom is -0.432 e. The molecule has 63 heavy (non-hydrogen) atoms. The van der Waals surface area contributed by atoms with Crippen LogP contribution in [0.3, 0.4) is 0 Å². The molecule has 0 aliphatic carbocycles. The van der Waals surface area contributed by atoms with E-state index in [-0.39, 0.29) is 42.8 Å². The maximum atomic E-state index is 15.5. The Morgan fingerprint density at radius 2 is 1.21 bits per heavy atom. The molecule has 4 aromatic carbocycles. The molecule has 14 heteroatoms. The number of carbonyl (C=O) groups excluding carboxylic acids is 3. The molecule has 10 rings (SSSR count). The Kier molecular flexibility index (Phi) is 10.5. The number of piperidine rings is 2. The van der Waals surface area contributed by atoms with Crippen LogP contribution in [0.5, 0.6) is 0 Å². The average Bonchev–Trinajstić information content (AvgIpc) is 3.93. The Bertz CT molecular complexity index is 2390. The number of hydrogen-bond donors (Lipinski definition) is 4. The van der Waals surface area contributed by atoms with Crippen LogP contribution in [0.25, 0.3) is 0 Å². The number of fused-ring (bicyclic) bond motifs is 2. The van der Waals surface area contributed by atoms with Crippen molar-refractivity contribution < 1.29 is 29.0 Å². The summed E-state index contributed by atoms with van der Waals surface area (Å²) in [6.07, 6.45) is 2.49. The van der Waals surface area contributed by atoms with Gasteiger partial charge in [0.2, 0.25) is 0 Å². The van der Waals surface area contributed by atoms with Crippen molar-refractivity contribution in [2.45, 2.75) is 87.0 Å². The topological polar surface area (TPSA) is 141 Å². The largest absolute Gasteiger partial charge is 0.432 e. The van der Waals surface area contributed by atoms with Crippen molar-refractivity contribution in [2.75, 3.05) is 70.6 Å². The van der Waals surface area contributed by atoms with Crippen LogP contribution >= 0.6 is 0 Å². The quantitative estimate of drug-likeness (QED) is 0.164. The lowest BCUT2D eigenvalue weighted by Gasteiger charge is -2.39. The Balaban J connectivity index is 1.03. The van der Waals surface area contributed by atoms with E-state index in [9.17, 15) is 19.5 Å². The van der Waals surface area contributed by atoms with Gasteiger partial charge in [-0.3, -0.25) is 24.2 Å². The van der Waals surface area contributed by atoms with Gasteiger partial charge in [-0.2, -0.15) is 0 Å². The Morgan fingerprint density at radius 1 is 0.683 bits per heavy atom. The molecule has 4 atom stereocenters. The Morgan fingerprint density at radius 3 is 1.73 bits per heavy atom. The lowest BCUT2D eigenvalue weighted by atomic mass is 9.82. The monoisotopic (exact) mass is 869 g/mol. The Labute approximate surface area is 370 Å². The number of hydrogen-bond acceptors (Lipinski definition) is 10. The summed E-state index contributed by atoms with van der Waals surface area (Å²) in [6, 6.07) is 34.1. The number of carbonyl (C=O) groups is 3. The molecular formula is C49H59N7O6Si. The number of amides is 3. The number of ether oxygens (including phenoxy) is 1. The van der Waals surface area contributed by atoms with Gasteiger partial charge in [0.15, 0.2) is 13.9 Å². The fourth-order valence-electron chi connectivity index (χ4n) is 12.1. The molecule has 5 saturated heterocycles. The zero-order valence-electron chi connectivity index (χ0n) is 36.5. The highest BCUT2D eigenvalue weighted by Crippen LogP contribution is 2.60. The lowest BCUT2D eigenvalue weighted by molar-refractivity contribution is -0.146. The average molecular weight is 870 g/mol. The molecule has 6 aliphatic rings. The molecule has 3 spiro atoms. The second kappa shape index (κ2) is 15.9. The summed E-state index contributed by atoms with van der Waals surface area (Å²) in [4.78, 5) is 66.8. The van der Waals surface area contributed by atoms with Gasteiger partial charge >= 0.3 is 0 Å². The van der Waals surface area contributed by atoms with Crippen LogP contribution in [0, 0.1) is 5.92 Å². The number of aliphatic hydroxyl groups is 1. The van der Waals surface area contributed by atoms with Crippen molar-refractivity contribution in [3.05, 3.63) is 114 Å². The lowest BCUT2D eigenvalue weighted by Crippen LogP contribution is -2.55. The first-order valence-corrected chi connectivity index (χ1v) is 25.7. The van der Waals surface area contributed by atoms with E-state index >= 15 is 4.79 Å². The molecule has 330 valence electrons. The molecule has 0 radical (unpaired) electrons. The van der Waals surface area contributed by atoms with Gasteiger partial charge in [-0.15, -0.1) is 0 Å². The number of para-hydroxylation sites is 2. The summed E-state index contributed by atoms with van der Waals surface area (Å²) in [6.45, 7) is 9.59. The normalized spacial score (nSPS) is 26.6. The second-order valence-electron chi connectivity index (χ2n) is 19.0. The third-order valence-corrected chi connectivity index (χ3v) is 17.6. The van der Waals surface area contributed by atoms with E-state index in [1.165, 1.54) is 0 Å². The van der Waals surface area contributed by atoms with E-state index in [0.29, 0.717) is 56.0 Å². The zero-order chi connectivity index (χ0) is 43.7. The first-order chi connectivity index (χ1) is 30.4. The van der Waals surface area contributed by atoms with Crippen molar-refractivity contribution >= 4 is 54.5 Å². The number of nitrogens with zero attached hydrogens (tertiary/aromatic N) is 5. The van der Waals surface area contributed by atoms with Crippen LogP contribution in [-0.2, 0) is 31.3 Å². The van der Waals surface area contributed by atoms with E-state index in [2.05, 4.69) is 44.7 Å². The highest BCUT2D eigenvalue weighted by Gasteiger charge is 2.66. The molecule has 13 nitrogen and oxygen atoms in total. The maximum Gasteiger partial charge on any atom is 0.264 e. The van der Waals surface area contributed by atoms with E-state index in [1.54, 1.807) is 4.90 Å². The van der Waals surface area contributed by atoms with E-state index in [0.717, 1.165) is 48.8 Å². The van der Waals surface area contributed by atoms with Crippen molar-refractivity contribution in [3.8, 4) is 0 Å².